The molecule has 0 spiro atoms. The smallest absolute Gasteiger partial charge is 0.141 e. The number of nitriles is 1. The van der Waals surface area contributed by atoms with Crippen molar-refractivity contribution >= 4 is 5.57 Å². The van der Waals surface area contributed by atoms with Crippen LogP contribution in [-0.2, 0) is 11.3 Å². The molecule has 0 N–H and O–H groups in total. The van der Waals surface area contributed by atoms with Gasteiger partial charge in [0, 0.05) is 12.6 Å². The fourth-order valence-corrected chi connectivity index (χ4v) is 3.81. The van der Waals surface area contributed by atoms with E-state index in [0.29, 0.717) is 13.2 Å². The van der Waals surface area contributed by atoms with Gasteiger partial charge >= 0.3 is 0 Å². The van der Waals surface area contributed by atoms with Crippen molar-refractivity contribution in [2.75, 3.05) is 13.2 Å². The zero-order chi connectivity index (χ0) is 17.2. The monoisotopic (exact) mass is 334 g/mol. The first-order valence-electron chi connectivity index (χ1n) is 8.53. The highest BCUT2D eigenvalue weighted by Crippen LogP contribution is 2.35. The predicted octanol–water partition coefficient (Wildman–Crippen LogP) is 3.75. The van der Waals surface area contributed by atoms with Crippen LogP contribution in [0.2, 0.25) is 0 Å². The zero-order valence-electron chi connectivity index (χ0n) is 13.9. The van der Waals surface area contributed by atoms with Crippen molar-refractivity contribution in [1.29, 1.82) is 5.26 Å². The normalized spacial score (nSPS) is 23.0. The molecule has 0 aliphatic carbocycles. The van der Waals surface area contributed by atoms with Gasteiger partial charge in [-0.3, -0.25) is 4.90 Å². The van der Waals surface area contributed by atoms with Gasteiger partial charge in [-0.25, -0.2) is 4.39 Å². The Morgan fingerprint density at radius 2 is 1.96 bits per heavy atom. The summed E-state index contributed by atoms with van der Waals surface area (Å²) in [5, 5.41) is 9.33. The number of hydrogen-bond donors (Lipinski definition) is 0. The lowest BCUT2D eigenvalue weighted by Crippen LogP contribution is -2.53. The maximum atomic E-state index is 14.0. The topological polar surface area (TPSA) is 36.3 Å². The van der Waals surface area contributed by atoms with Crippen molar-refractivity contribution in [2.24, 2.45) is 0 Å². The summed E-state index contributed by atoms with van der Waals surface area (Å²) in [7, 11) is 0. The van der Waals surface area contributed by atoms with Gasteiger partial charge in [-0.1, -0.05) is 48.5 Å². The van der Waals surface area contributed by atoms with Gasteiger partial charge in [0.25, 0.3) is 0 Å². The lowest BCUT2D eigenvalue weighted by molar-refractivity contribution is -0.0402. The fourth-order valence-electron chi connectivity index (χ4n) is 3.81. The quantitative estimate of drug-likeness (QED) is 0.858. The van der Waals surface area contributed by atoms with E-state index in [4.69, 9.17) is 4.74 Å². The van der Waals surface area contributed by atoms with E-state index in [-0.39, 0.29) is 17.6 Å². The van der Waals surface area contributed by atoms with E-state index < -0.39 is 5.82 Å². The number of nitrogens with zero attached hydrogens (tertiary/aromatic N) is 2. The zero-order valence-corrected chi connectivity index (χ0v) is 13.9. The van der Waals surface area contributed by atoms with Crippen LogP contribution < -0.4 is 0 Å². The van der Waals surface area contributed by atoms with Gasteiger partial charge in [0.15, 0.2) is 0 Å². The van der Waals surface area contributed by atoms with E-state index in [2.05, 4.69) is 35.2 Å². The van der Waals surface area contributed by atoms with Gasteiger partial charge in [-0.15, -0.1) is 0 Å². The van der Waals surface area contributed by atoms with Crippen LogP contribution in [0.1, 0.15) is 23.1 Å². The lowest BCUT2D eigenvalue weighted by atomic mass is 9.87. The van der Waals surface area contributed by atoms with E-state index in [0.717, 1.165) is 24.1 Å². The molecule has 3 nitrogen and oxygen atoms in total. The first kappa shape index (κ1) is 16.0. The van der Waals surface area contributed by atoms with E-state index in [1.165, 1.54) is 11.6 Å². The molecule has 2 aromatic carbocycles. The molecule has 2 aliphatic rings. The Hall–Kier alpha value is -2.48. The molecule has 2 aliphatic heterocycles. The predicted molar refractivity (Wildman–Crippen MR) is 94.1 cm³/mol. The minimum atomic E-state index is -0.450. The summed E-state index contributed by atoms with van der Waals surface area (Å²) >= 11 is 0. The number of ether oxygens (including phenoxy) is 1. The van der Waals surface area contributed by atoms with Crippen molar-refractivity contribution < 1.29 is 9.13 Å². The largest absolute Gasteiger partial charge is 0.378 e. The molecule has 2 aromatic rings. The third-order valence-corrected chi connectivity index (χ3v) is 5.02. The summed E-state index contributed by atoms with van der Waals surface area (Å²) in [4.78, 5) is 2.45. The first-order chi connectivity index (χ1) is 12.3. The second kappa shape index (κ2) is 6.79. The van der Waals surface area contributed by atoms with Gasteiger partial charge in [0.1, 0.15) is 11.9 Å². The van der Waals surface area contributed by atoms with Gasteiger partial charge in [-0.05, 0) is 29.2 Å². The lowest BCUT2D eigenvalue weighted by Gasteiger charge is -2.45. The Bertz CT molecular complexity index is 841. The van der Waals surface area contributed by atoms with Crippen LogP contribution in [0.3, 0.4) is 0 Å². The van der Waals surface area contributed by atoms with Crippen molar-refractivity contribution in [3.05, 3.63) is 77.1 Å². The number of hydrogen-bond acceptors (Lipinski definition) is 3. The molecule has 2 bridgehead atoms. The molecule has 4 heteroatoms. The molecule has 126 valence electrons. The van der Waals surface area contributed by atoms with Crippen molar-refractivity contribution in [3.8, 4) is 6.07 Å². The van der Waals surface area contributed by atoms with Crippen LogP contribution in [-0.4, -0.2) is 30.2 Å². The highest BCUT2D eigenvalue weighted by molar-refractivity contribution is 5.72. The number of fused-ring (bicyclic) bond motifs is 2. The molecule has 25 heavy (non-hydrogen) atoms. The van der Waals surface area contributed by atoms with E-state index in [9.17, 15) is 9.65 Å². The Morgan fingerprint density at radius 3 is 2.72 bits per heavy atom. The average Bonchev–Trinajstić information content (AvgIpc) is 2.62. The minimum absolute atomic E-state index is 0.143. The minimum Gasteiger partial charge on any atom is -0.378 e. The van der Waals surface area contributed by atoms with E-state index in [1.54, 1.807) is 6.07 Å². The van der Waals surface area contributed by atoms with Crippen molar-refractivity contribution in [2.45, 2.75) is 25.0 Å². The Balaban J connectivity index is 1.66. The summed E-state index contributed by atoms with van der Waals surface area (Å²) in [5.74, 6) is -0.450. The first-order valence-corrected chi connectivity index (χ1v) is 8.53. The van der Waals surface area contributed by atoms with E-state index in [1.807, 2.05) is 18.2 Å². The maximum absolute atomic E-state index is 14.0. The summed E-state index contributed by atoms with van der Waals surface area (Å²) in [6, 6.07) is 17.7. The summed E-state index contributed by atoms with van der Waals surface area (Å²) in [5.41, 5.74) is 3.20. The molecule has 1 saturated heterocycles. The fraction of sp³-hybridized carbons (Fsp3) is 0.286. The number of morpholine rings is 1. The molecule has 2 heterocycles. The number of benzene rings is 2. The van der Waals surface area contributed by atoms with Gasteiger partial charge in [-0.2, -0.15) is 5.26 Å². The molecule has 0 saturated carbocycles. The highest BCUT2D eigenvalue weighted by atomic mass is 19.1. The maximum Gasteiger partial charge on any atom is 0.141 e. The van der Waals surface area contributed by atoms with Crippen LogP contribution >= 0.6 is 0 Å². The second-order valence-corrected chi connectivity index (χ2v) is 6.59. The Morgan fingerprint density at radius 1 is 1.12 bits per heavy atom. The molecule has 0 aromatic heterocycles. The van der Waals surface area contributed by atoms with Crippen molar-refractivity contribution in [1.82, 2.24) is 4.90 Å². The summed E-state index contributed by atoms with van der Waals surface area (Å²) in [6.45, 7) is 2.17. The molecule has 2 atom stereocenters. The standard InChI is InChI=1S/C21H19FN2O/c22-21-8-4-7-19(20(21)11-23)16-9-17-13-25-14-18(10-16)24(17)12-15-5-2-1-3-6-15/h1-9,17-18H,10,12-14H2. The molecular formula is C21H19FN2O. The SMILES string of the molecule is N#Cc1c(F)cccc1C1=CC2COCC(C1)N2Cc1ccccc1. The van der Waals surface area contributed by atoms with Crippen LogP contribution in [0.15, 0.2) is 54.6 Å². The number of halogens is 1. The van der Waals surface area contributed by atoms with Crippen LogP contribution in [0, 0.1) is 17.1 Å². The second-order valence-electron chi connectivity index (χ2n) is 6.59. The van der Waals surface area contributed by atoms with E-state index >= 15 is 0 Å². The molecular weight excluding hydrogens is 315 g/mol. The Labute approximate surface area is 147 Å². The molecule has 2 unspecified atom stereocenters. The average molecular weight is 334 g/mol. The van der Waals surface area contributed by atoms with Gasteiger partial charge in [0.2, 0.25) is 0 Å². The molecule has 4 rings (SSSR count). The molecule has 0 radical (unpaired) electrons. The highest BCUT2D eigenvalue weighted by Gasteiger charge is 2.35. The third kappa shape index (κ3) is 3.09. The summed E-state index contributed by atoms with van der Waals surface area (Å²) in [6.07, 6.45) is 2.91. The van der Waals surface area contributed by atoms with Gasteiger partial charge < -0.3 is 4.74 Å². The van der Waals surface area contributed by atoms with Gasteiger partial charge in [0.05, 0.1) is 24.8 Å². The van der Waals surface area contributed by atoms with Crippen LogP contribution in [0.25, 0.3) is 5.57 Å². The molecule has 0 amide bonds. The Kier molecular flexibility index (Phi) is 4.35. The van der Waals surface area contributed by atoms with Crippen molar-refractivity contribution in [3.63, 3.8) is 0 Å². The summed E-state index contributed by atoms with van der Waals surface area (Å²) < 4.78 is 19.7. The number of rotatable bonds is 3. The van der Waals surface area contributed by atoms with Crippen LogP contribution in [0.4, 0.5) is 4.39 Å². The third-order valence-electron chi connectivity index (χ3n) is 5.02. The van der Waals surface area contributed by atoms with Crippen LogP contribution in [0.5, 0.6) is 0 Å². The molecule has 1 fully saturated rings.